The zero-order valence-corrected chi connectivity index (χ0v) is 13.9. The smallest absolute Gasteiger partial charge is 0.305 e. The van der Waals surface area contributed by atoms with Crippen LogP contribution in [0.1, 0.15) is 43.4 Å². The summed E-state index contributed by atoms with van der Waals surface area (Å²) in [5.41, 5.74) is 2.43. The van der Waals surface area contributed by atoms with Crippen LogP contribution in [0, 0.1) is 11.8 Å². The highest BCUT2D eigenvalue weighted by Crippen LogP contribution is 2.37. The summed E-state index contributed by atoms with van der Waals surface area (Å²) >= 11 is 0. The van der Waals surface area contributed by atoms with Crippen LogP contribution in [0.2, 0.25) is 0 Å². The second-order valence-corrected chi connectivity index (χ2v) is 6.85. The van der Waals surface area contributed by atoms with E-state index in [2.05, 4.69) is 22.8 Å². The number of aromatic nitrogens is 1. The first-order valence-electron chi connectivity index (χ1n) is 8.84. The molecular weight excluding hydrogens is 306 g/mol. The van der Waals surface area contributed by atoms with Gasteiger partial charge in [-0.1, -0.05) is 6.07 Å². The fourth-order valence-corrected chi connectivity index (χ4v) is 3.48. The van der Waals surface area contributed by atoms with Crippen LogP contribution in [0.3, 0.4) is 0 Å². The third-order valence-corrected chi connectivity index (χ3v) is 5.01. The number of hydrogen-bond acceptors (Lipinski definition) is 4. The maximum atomic E-state index is 11.9. The third-order valence-electron chi connectivity index (χ3n) is 5.01. The Labute approximate surface area is 142 Å². The van der Waals surface area contributed by atoms with E-state index in [1.54, 1.807) is 0 Å². The standard InChI is InChI=1S/C18H25N3O3/c22-16(23)7-9-20-18(24)14-10-12(11-14)3-5-15-6-4-13-2-1-8-19-17(13)21-15/h4,6,12,14H,1-3,5,7-11H2,(H,19,21)(H,20,24)(H,22,23). The van der Waals surface area contributed by atoms with Gasteiger partial charge in [0.05, 0.1) is 6.42 Å². The molecule has 6 heteroatoms. The van der Waals surface area contributed by atoms with E-state index in [-0.39, 0.29) is 24.8 Å². The molecule has 3 N–H and O–H groups in total. The number of aliphatic carboxylic acids is 1. The number of anilines is 1. The molecule has 0 radical (unpaired) electrons. The lowest BCUT2D eigenvalue weighted by atomic mass is 9.72. The average molecular weight is 331 g/mol. The molecule has 1 aliphatic carbocycles. The zero-order chi connectivity index (χ0) is 16.9. The van der Waals surface area contributed by atoms with Crippen LogP contribution in [-0.4, -0.2) is 35.1 Å². The lowest BCUT2D eigenvalue weighted by Crippen LogP contribution is -2.39. The van der Waals surface area contributed by atoms with Crippen molar-refractivity contribution in [1.29, 1.82) is 0 Å². The van der Waals surface area contributed by atoms with Gasteiger partial charge in [-0.15, -0.1) is 0 Å². The topological polar surface area (TPSA) is 91.3 Å². The second kappa shape index (κ2) is 7.64. The third kappa shape index (κ3) is 4.24. The van der Waals surface area contributed by atoms with Gasteiger partial charge in [0, 0.05) is 24.7 Å². The van der Waals surface area contributed by atoms with Crippen LogP contribution in [0.4, 0.5) is 5.82 Å². The van der Waals surface area contributed by atoms with E-state index in [1.165, 1.54) is 12.0 Å². The van der Waals surface area contributed by atoms with Crippen LogP contribution >= 0.6 is 0 Å². The maximum Gasteiger partial charge on any atom is 0.305 e. The highest BCUT2D eigenvalue weighted by Gasteiger charge is 2.33. The van der Waals surface area contributed by atoms with Crippen molar-refractivity contribution < 1.29 is 14.7 Å². The number of carboxylic acid groups (broad SMARTS) is 1. The Morgan fingerprint density at radius 3 is 2.96 bits per heavy atom. The van der Waals surface area contributed by atoms with E-state index >= 15 is 0 Å². The number of fused-ring (bicyclic) bond motifs is 1. The molecule has 6 nitrogen and oxygen atoms in total. The van der Waals surface area contributed by atoms with Gasteiger partial charge in [-0.2, -0.15) is 0 Å². The van der Waals surface area contributed by atoms with E-state index in [0.717, 1.165) is 50.2 Å². The predicted molar refractivity (Wildman–Crippen MR) is 90.8 cm³/mol. The number of carboxylic acids is 1. The Hall–Kier alpha value is -2.11. The number of hydrogen-bond donors (Lipinski definition) is 3. The van der Waals surface area contributed by atoms with Gasteiger partial charge in [0.25, 0.3) is 0 Å². The Balaban J connectivity index is 1.37. The molecule has 1 aliphatic heterocycles. The molecule has 0 unspecified atom stereocenters. The van der Waals surface area contributed by atoms with Crippen LogP contribution in [0.15, 0.2) is 12.1 Å². The minimum absolute atomic E-state index is 0.00334. The first-order valence-corrected chi connectivity index (χ1v) is 8.84. The molecule has 0 atom stereocenters. The first kappa shape index (κ1) is 16.7. The van der Waals surface area contributed by atoms with Crippen molar-refractivity contribution in [3.05, 3.63) is 23.4 Å². The van der Waals surface area contributed by atoms with Gasteiger partial charge < -0.3 is 15.7 Å². The van der Waals surface area contributed by atoms with Crippen LogP contribution in [-0.2, 0) is 22.4 Å². The largest absolute Gasteiger partial charge is 0.481 e. The normalized spacial score (nSPS) is 22.0. The molecule has 0 saturated heterocycles. The molecule has 1 amide bonds. The molecule has 1 aromatic heterocycles. The summed E-state index contributed by atoms with van der Waals surface area (Å²) in [4.78, 5) is 27.0. The molecular formula is C18H25N3O3. The van der Waals surface area contributed by atoms with Crippen molar-refractivity contribution >= 4 is 17.7 Å². The molecule has 130 valence electrons. The molecule has 0 spiro atoms. The van der Waals surface area contributed by atoms with E-state index < -0.39 is 5.97 Å². The van der Waals surface area contributed by atoms with Crippen molar-refractivity contribution in [3.63, 3.8) is 0 Å². The first-order chi connectivity index (χ1) is 11.6. The number of nitrogens with zero attached hydrogens (tertiary/aromatic N) is 1. The maximum absolute atomic E-state index is 11.9. The minimum Gasteiger partial charge on any atom is -0.481 e. The summed E-state index contributed by atoms with van der Waals surface area (Å²) in [6.07, 6.45) is 6.09. The van der Waals surface area contributed by atoms with Crippen LogP contribution in [0.5, 0.6) is 0 Å². The van der Waals surface area contributed by atoms with Crippen molar-refractivity contribution in [2.75, 3.05) is 18.4 Å². The summed E-state index contributed by atoms with van der Waals surface area (Å²) in [6, 6.07) is 4.31. The molecule has 1 fully saturated rings. The van der Waals surface area contributed by atoms with Gasteiger partial charge >= 0.3 is 5.97 Å². The molecule has 24 heavy (non-hydrogen) atoms. The molecule has 3 rings (SSSR count). The van der Waals surface area contributed by atoms with Crippen LogP contribution < -0.4 is 10.6 Å². The van der Waals surface area contributed by atoms with E-state index in [1.807, 2.05) is 0 Å². The van der Waals surface area contributed by atoms with E-state index in [0.29, 0.717) is 5.92 Å². The van der Waals surface area contributed by atoms with Gasteiger partial charge in [-0.3, -0.25) is 9.59 Å². The van der Waals surface area contributed by atoms with Crippen molar-refractivity contribution in [1.82, 2.24) is 10.3 Å². The predicted octanol–water partition coefficient (Wildman–Crippen LogP) is 1.99. The number of rotatable bonds is 7. The number of carbonyl (C=O) groups excluding carboxylic acids is 1. The Bertz CT molecular complexity index is 612. The fourth-order valence-electron chi connectivity index (χ4n) is 3.48. The molecule has 0 aromatic carbocycles. The average Bonchev–Trinajstić information content (AvgIpc) is 2.53. The summed E-state index contributed by atoms with van der Waals surface area (Å²) in [5, 5.41) is 14.6. The van der Waals surface area contributed by atoms with Crippen molar-refractivity contribution in [2.45, 2.75) is 44.9 Å². The van der Waals surface area contributed by atoms with Gasteiger partial charge in [0.1, 0.15) is 5.82 Å². The number of amides is 1. The summed E-state index contributed by atoms with van der Waals surface area (Å²) in [6.45, 7) is 1.23. The summed E-state index contributed by atoms with van der Waals surface area (Å²) in [5.74, 6) is 0.799. The lowest BCUT2D eigenvalue weighted by molar-refractivity contribution is -0.137. The Morgan fingerprint density at radius 1 is 1.33 bits per heavy atom. The van der Waals surface area contributed by atoms with E-state index in [4.69, 9.17) is 10.1 Å². The van der Waals surface area contributed by atoms with Gasteiger partial charge in [0.15, 0.2) is 0 Å². The number of nitrogens with one attached hydrogen (secondary N) is 2. The molecule has 0 bridgehead atoms. The highest BCUT2D eigenvalue weighted by atomic mass is 16.4. The molecule has 1 aromatic rings. The van der Waals surface area contributed by atoms with Crippen molar-refractivity contribution in [2.24, 2.45) is 11.8 Å². The number of aryl methyl sites for hydroxylation is 2. The quantitative estimate of drug-likeness (QED) is 0.711. The summed E-state index contributed by atoms with van der Waals surface area (Å²) < 4.78 is 0. The monoisotopic (exact) mass is 331 g/mol. The molecule has 1 saturated carbocycles. The zero-order valence-electron chi connectivity index (χ0n) is 13.9. The summed E-state index contributed by atoms with van der Waals surface area (Å²) in [7, 11) is 0. The number of carbonyl (C=O) groups is 2. The van der Waals surface area contributed by atoms with Crippen LogP contribution in [0.25, 0.3) is 0 Å². The van der Waals surface area contributed by atoms with Gasteiger partial charge in [-0.25, -0.2) is 4.98 Å². The Morgan fingerprint density at radius 2 is 2.17 bits per heavy atom. The molecule has 2 aliphatic rings. The highest BCUT2D eigenvalue weighted by molar-refractivity contribution is 5.80. The van der Waals surface area contributed by atoms with Gasteiger partial charge in [0.2, 0.25) is 5.91 Å². The SMILES string of the molecule is O=C(O)CCNC(=O)C1CC(CCc2ccc3c(n2)NCCC3)C1. The Kier molecular flexibility index (Phi) is 5.33. The molecule has 2 heterocycles. The van der Waals surface area contributed by atoms with Gasteiger partial charge in [-0.05, 0) is 56.1 Å². The lowest BCUT2D eigenvalue weighted by Gasteiger charge is -2.34. The second-order valence-electron chi connectivity index (χ2n) is 6.85. The van der Waals surface area contributed by atoms with E-state index in [9.17, 15) is 9.59 Å². The van der Waals surface area contributed by atoms with Crippen molar-refractivity contribution in [3.8, 4) is 0 Å². The minimum atomic E-state index is -0.881. The fraction of sp³-hybridized carbons (Fsp3) is 0.611. The number of pyridine rings is 1.